The molecule has 0 aliphatic rings. The van der Waals surface area contributed by atoms with Crippen LogP contribution in [-0.2, 0) is 11.2 Å². The number of nitrogens with one attached hydrogen (secondary N) is 1. The highest BCUT2D eigenvalue weighted by atomic mass is 16.5. The minimum atomic E-state index is -0.805. The molecular formula is C19H23NO4. The van der Waals surface area contributed by atoms with E-state index in [9.17, 15) is 4.79 Å². The summed E-state index contributed by atoms with van der Waals surface area (Å²) in [4.78, 5) is 10.8. The number of carbonyl (C=O) groups is 1. The molecule has 0 heterocycles. The van der Waals surface area contributed by atoms with Gasteiger partial charge in [0, 0.05) is 12.6 Å². The van der Waals surface area contributed by atoms with Gasteiger partial charge in [-0.25, -0.2) is 0 Å². The highest BCUT2D eigenvalue weighted by Crippen LogP contribution is 2.22. The Balaban J connectivity index is 2.12. The van der Waals surface area contributed by atoms with Gasteiger partial charge < -0.3 is 19.9 Å². The Morgan fingerprint density at radius 3 is 2.04 bits per heavy atom. The first kappa shape index (κ1) is 17.8. The van der Waals surface area contributed by atoms with E-state index < -0.39 is 5.97 Å². The first-order valence-corrected chi connectivity index (χ1v) is 7.84. The van der Waals surface area contributed by atoms with Gasteiger partial charge in [0.2, 0.25) is 0 Å². The van der Waals surface area contributed by atoms with Crippen LogP contribution in [0.2, 0.25) is 0 Å². The van der Waals surface area contributed by atoms with Crippen LogP contribution >= 0.6 is 0 Å². The quantitative estimate of drug-likeness (QED) is 0.740. The van der Waals surface area contributed by atoms with Crippen LogP contribution in [0.5, 0.6) is 11.5 Å². The third-order valence-electron chi connectivity index (χ3n) is 3.85. The van der Waals surface area contributed by atoms with E-state index in [4.69, 9.17) is 14.6 Å². The van der Waals surface area contributed by atoms with Crippen LogP contribution < -0.4 is 14.8 Å². The first-order valence-electron chi connectivity index (χ1n) is 7.84. The van der Waals surface area contributed by atoms with Crippen molar-refractivity contribution < 1.29 is 19.4 Å². The minimum absolute atomic E-state index is 0.0312. The number of carboxylic acids is 1. The summed E-state index contributed by atoms with van der Waals surface area (Å²) < 4.78 is 10.4. The number of benzene rings is 2. The molecule has 2 aromatic rings. The van der Waals surface area contributed by atoms with Gasteiger partial charge in [0.15, 0.2) is 0 Å². The fraction of sp³-hybridized carbons (Fsp3) is 0.316. The van der Waals surface area contributed by atoms with Crippen LogP contribution in [-0.4, -0.2) is 31.8 Å². The maximum Gasteiger partial charge on any atom is 0.304 e. The maximum absolute atomic E-state index is 10.8. The van der Waals surface area contributed by atoms with Crippen LogP contribution in [0.15, 0.2) is 48.5 Å². The zero-order valence-electron chi connectivity index (χ0n) is 14.0. The second-order valence-corrected chi connectivity index (χ2v) is 5.48. The van der Waals surface area contributed by atoms with E-state index >= 15 is 0 Å². The molecule has 2 N–H and O–H groups in total. The Hall–Kier alpha value is -2.53. The molecule has 0 amide bonds. The number of aliphatic carboxylic acids is 1. The summed E-state index contributed by atoms with van der Waals surface area (Å²) in [5.74, 6) is 0.812. The van der Waals surface area contributed by atoms with Crippen molar-refractivity contribution in [2.45, 2.75) is 18.9 Å². The van der Waals surface area contributed by atoms with Crippen LogP contribution in [0.25, 0.3) is 0 Å². The van der Waals surface area contributed by atoms with E-state index in [1.807, 2.05) is 48.5 Å². The van der Waals surface area contributed by atoms with Crippen LogP contribution in [0.3, 0.4) is 0 Å². The summed E-state index contributed by atoms with van der Waals surface area (Å²) in [6.45, 7) is 0.419. The fourth-order valence-electron chi connectivity index (χ4n) is 2.49. The minimum Gasteiger partial charge on any atom is -0.497 e. The van der Waals surface area contributed by atoms with Crippen LogP contribution in [0.4, 0.5) is 0 Å². The fourth-order valence-corrected chi connectivity index (χ4v) is 2.49. The lowest BCUT2D eigenvalue weighted by atomic mass is 9.98. The molecular weight excluding hydrogens is 306 g/mol. The lowest BCUT2D eigenvalue weighted by molar-refractivity contribution is -0.136. The smallest absolute Gasteiger partial charge is 0.304 e. The Bertz CT molecular complexity index is 637. The van der Waals surface area contributed by atoms with Crippen molar-refractivity contribution in [3.8, 4) is 11.5 Å². The molecule has 0 bridgehead atoms. The van der Waals surface area contributed by atoms with E-state index in [2.05, 4.69) is 5.32 Å². The molecule has 2 rings (SSSR count). The van der Waals surface area contributed by atoms with Gasteiger partial charge in [-0.15, -0.1) is 0 Å². The van der Waals surface area contributed by atoms with Gasteiger partial charge >= 0.3 is 5.97 Å². The number of rotatable bonds is 9. The molecule has 0 spiro atoms. The van der Waals surface area contributed by atoms with E-state index in [1.54, 1.807) is 14.2 Å². The largest absolute Gasteiger partial charge is 0.497 e. The summed E-state index contributed by atoms with van der Waals surface area (Å²) in [6.07, 6.45) is 0.852. The van der Waals surface area contributed by atoms with Gasteiger partial charge in [0.05, 0.1) is 20.6 Å². The average molecular weight is 329 g/mol. The molecule has 128 valence electrons. The van der Waals surface area contributed by atoms with Crippen molar-refractivity contribution in [1.29, 1.82) is 0 Å². The Kier molecular flexibility index (Phi) is 6.63. The first-order chi connectivity index (χ1) is 11.6. The van der Waals surface area contributed by atoms with Crippen LogP contribution in [0.1, 0.15) is 23.6 Å². The molecule has 5 nitrogen and oxygen atoms in total. The molecule has 1 atom stereocenters. The standard InChI is InChI=1S/C19H23NO4/c1-23-16-7-3-14(4-8-16)13-18(20-12-11-19(21)22)15-5-9-17(24-2)10-6-15/h3-10,18,20H,11-13H2,1-2H3,(H,21,22). The number of hydrogen-bond acceptors (Lipinski definition) is 4. The number of methoxy groups -OCH3 is 2. The Morgan fingerprint density at radius 2 is 1.54 bits per heavy atom. The molecule has 0 radical (unpaired) electrons. The van der Waals surface area contributed by atoms with Gasteiger partial charge in [-0.05, 0) is 41.8 Å². The highest BCUT2D eigenvalue weighted by Gasteiger charge is 2.13. The molecule has 0 saturated heterocycles. The molecule has 0 aliphatic heterocycles. The normalized spacial score (nSPS) is 11.8. The topological polar surface area (TPSA) is 67.8 Å². The maximum atomic E-state index is 10.8. The molecule has 0 aromatic heterocycles. The van der Waals surface area contributed by atoms with Gasteiger partial charge in [-0.2, -0.15) is 0 Å². The van der Waals surface area contributed by atoms with Gasteiger partial charge in [-0.1, -0.05) is 24.3 Å². The number of carboxylic acid groups (broad SMARTS) is 1. The summed E-state index contributed by atoms with van der Waals surface area (Å²) in [7, 11) is 3.28. The van der Waals surface area contributed by atoms with E-state index in [0.29, 0.717) is 6.54 Å². The highest BCUT2D eigenvalue weighted by molar-refractivity contribution is 5.66. The van der Waals surface area contributed by atoms with Gasteiger partial charge in [0.25, 0.3) is 0 Å². The summed E-state index contributed by atoms with van der Waals surface area (Å²) in [6, 6.07) is 15.8. The van der Waals surface area contributed by atoms with Crippen molar-refractivity contribution in [2.24, 2.45) is 0 Å². The Morgan fingerprint density at radius 1 is 1.00 bits per heavy atom. The molecule has 24 heavy (non-hydrogen) atoms. The summed E-state index contributed by atoms with van der Waals surface area (Å²) in [5, 5.41) is 12.2. The Labute approximate surface area is 142 Å². The molecule has 0 fully saturated rings. The summed E-state index contributed by atoms with van der Waals surface area (Å²) >= 11 is 0. The predicted octanol–water partition coefficient (Wildman–Crippen LogP) is 3.05. The monoisotopic (exact) mass is 329 g/mol. The van der Waals surface area contributed by atoms with Crippen molar-refractivity contribution in [1.82, 2.24) is 5.32 Å². The molecule has 0 saturated carbocycles. The molecule has 5 heteroatoms. The predicted molar refractivity (Wildman–Crippen MR) is 92.7 cm³/mol. The number of hydrogen-bond donors (Lipinski definition) is 2. The second kappa shape index (κ2) is 8.93. The van der Waals surface area contributed by atoms with Gasteiger partial charge in [0.1, 0.15) is 11.5 Å². The summed E-state index contributed by atoms with van der Waals surface area (Å²) in [5.41, 5.74) is 2.25. The number of ether oxygens (including phenoxy) is 2. The van der Waals surface area contributed by atoms with E-state index in [0.717, 1.165) is 29.0 Å². The lowest BCUT2D eigenvalue weighted by Crippen LogP contribution is -2.25. The van der Waals surface area contributed by atoms with E-state index in [-0.39, 0.29) is 12.5 Å². The third-order valence-corrected chi connectivity index (χ3v) is 3.85. The van der Waals surface area contributed by atoms with Crippen molar-refractivity contribution in [3.05, 3.63) is 59.7 Å². The SMILES string of the molecule is COc1ccc(CC(NCCC(=O)O)c2ccc(OC)cc2)cc1. The zero-order valence-corrected chi connectivity index (χ0v) is 14.0. The lowest BCUT2D eigenvalue weighted by Gasteiger charge is -2.19. The van der Waals surface area contributed by atoms with Crippen molar-refractivity contribution >= 4 is 5.97 Å². The van der Waals surface area contributed by atoms with E-state index in [1.165, 1.54) is 0 Å². The van der Waals surface area contributed by atoms with Crippen molar-refractivity contribution in [2.75, 3.05) is 20.8 Å². The average Bonchev–Trinajstić information content (AvgIpc) is 2.61. The van der Waals surface area contributed by atoms with Crippen molar-refractivity contribution in [3.63, 3.8) is 0 Å². The van der Waals surface area contributed by atoms with Gasteiger partial charge in [-0.3, -0.25) is 4.79 Å². The van der Waals surface area contributed by atoms with Crippen LogP contribution in [0, 0.1) is 0 Å². The second-order valence-electron chi connectivity index (χ2n) is 5.48. The molecule has 0 aliphatic carbocycles. The molecule has 2 aromatic carbocycles. The molecule has 1 unspecified atom stereocenters. The third kappa shape index (κ3) is 5.28. The zero-order chi connectivity index (χ0) is 17.4.